The quantitative estimate of drug-likeness (QED) is 0.812. The van der Waals surface area contributed by atoms with Gasteiger partial charge in [0.2, 0.25) is 11.8 Å². The van der Waals surface area contributed by atoms with Gasteiger partial charge in [0.25, 0.3) is 0 Å². The minimum atomic E-state index is -5.63. The maximum Gasteiger partial charge on any atom is 0.409 e. The first-order chi connectivity index (χ1) is 9.09. The number of piperidine rings is 1. The Balaban J connectivity index is 2.98. The zero-order valence-corrected chi connectivity index (χ0v) is 10.8. The smallest absolute Gasteiger partial charge is 0.338 e. The number of alkyl halides is 6. The average Bonchev–Trinajstić information content (AvgIpc) is 2.26. The number of carbonyl (C=O) groups excluding carboxylic acids is 1. The van der Waals surface area contributed by atoms with Crippen LogP contribution in [0.25, 0.3) is 0 Å². The second kappa shape index (κ2) is 6.19. The Morgan fingerprint density at radius 2 is 1.75 bits per heavy atom. The molecular formula is C11H16F6N2O. The number of halogens is 6. The second-order valence-corrected chi connectivity index (χ2v) is 4.76. The Kier molecular flexibility index (Phi) is 5.28. The lowest BCUT2D eigenvalue weighted by Crippen LogP contribution is -2.55. The van der Waals surface area contributed by atoms with Crippen molar-refractivity contribution < 1.29 is 31.1 Å². The molecule has 0 saturated carbocycles. The Bertz CT molecular complexity index is 325. The van der Waals surface area contributed by atoms with Crippen molar-refractivity contribution in [3.05, 3.63) is 0 Å². The van der Waals surface area contributed by atoms with Crippen LogP contribution in [0.3, 0.4) is 0 Å². The molecular weight excluding hydrogens is 290 g/mol. The molecule has 0 spiro atoms. The van der Waals surface area contributed by atoms with Crippen LogP contribution >= 0.6 is 0 Å². The Morgan fingerprint density at radius 1 is 1.20 bits per heavy atom. The van der Waals surface area contributed by atoms with Gasteiger partial charge in [-0.2, -0.15) is 26.3 Å². The van der Waals surface area contributed by atoms with E-state index >= 15 is 0 Å². The molecule has 9 heteroatoms. The molecule has 118 valence electrons. The van der Waals surface area contributed by atoms with Crippen molar-refractivity contribution in [1.82, 2.24) is 10.2 Å². The van der Waals surface area contributed by atoms with Gasteiger partial charge in [-0.25, -0.2) is 0 Å². The second-order valence-electron chi connectivity index (χ2n) is 4.76. The van der Waals surface area contributed by atoms with E-state index in [4.69, 9.17) is 0 Å². The lowest BCUT2D eigenvalue weighted by atomic mass is 9.98. The molecule has 1 fully saturated rings. The van der Waals surface area contributed by atoms with E-state index in [1.54, 1.807) is 0 Å². The standard InChI is InChI=1S/C11H16F6N2O/c1-18-6-7-4-2-3-5-19(7)9(20)8(10(12,13)14)11(15,16)17/h7-8,18H,2-6H2,1H3. The van der Waals surface area contributed by atoms with Crippen molar-refractivity contribution >= 4 is 5.91 Å². The zero-order valence-electron chi connectivity index (χ0n) is 10.8. The van der Waals surface area contributed by atoms with Crippen LogP contribution in [-0.2, 0) is 4.79 Å². The normalized spacial score (nSPS) is 21.4. The van der Waals surface area contributed by atoms with Crippen LogP contribution < -0.4 is 5.32 Å². The zero-order chi connectivity index (χ0) is 15.6. The molecule has 1 aliphatic heterocycles. The van der Waals surface area contributed by atoms with Crippen molar-refractivity contribution in [3.63, 3.8) is 0 Å². The summed E-state index contributed by atoms with van der Waals surface area (Å²) in [6, 6.07) is -0.631. The molecule has 1 amide bonds. The molecule has 0 aliphatic carbocycles. The van der Waals surface area contributed by atoms with E-state index in [9.17, 15) is 31.1 Å². The SMILES string of the molecule is CNCC1CCCCN1C(=O)C(C(F)(F)F)C(F)(F)F. The van der Waals surface area contributed by atoms with Gasteiger partial charge in [0.15, 0.2) is 0 Å². The van der Waals surface area contributed by atoms with Gasteiger partial charge in [-0.1, -0.05) is 0 Å². The number of amides is 1. The molecule has 3 nitrogen and oxygen atoms in total. The van der Waals surface area contributed by atoms with Gasteiger partial charge in [0, 0.05) is 19.1 Å². The first-order valence-corrected chi connectivity index (χ1v) is 6.17. The summed E-state index contributed by atoms with van der Waals surface area (Å²) in [5, 5.41) is 2.68. The molecule has 1 N–H and O–H groups in total. The maximum absolute atomic E-state index is 12.6. The Labute approximate surface area is 112 Å². The highest BCUT2D eigenvalue weighted by Gasteiger charge is 2.62. The van der Waals surface area contributed by atoms with Crippen molar-refractivity contribution in [3.8, 4) is 0 Å². The van der Waals surface area contributed by atoms with Gasteiger partial charge in [0.05, 0.1) is 0 Å². The minimum Gasteiger partial charge on any atom is -0.338 e. The van der Waals surface area contributed by atoms with Crippen LogP contribution in [0.2, 0.25) is 0 Å². The van der Waals surface area contributed by atoms with E-state index in [1.807, 2.05) is 0 Å². The molecule has 0 bridgehead atoms. The van der Waals surface area contributed by atoms with Crippen molar-refractivity contribution in [2.45, 2.75) is 37.7 Å². The number of rotatable bonds is 3. The Morgan fingerprint density at radius 3 is 2.20 bits per heavy atom. The number of likely N-dealkylation sites (N-methyl/N-ethyl adjacent to an activating group) is 1. The molecule has 0 aromatic carbocycles. The third kappa shape index (κ3) is 4.00. The van der Waals surface area contributed by atoms with Crippen LogP contribution in [0.15, 0.2) is 0 Å². The molecule has 0 aromatic heterocycles. The van der Waals surface area contributed by atoms with Crippen LogP contribution in [0, 0.1) is 5.92 Å². The van der Waals surface area contributed by atoms with E-state index < -0.39 is 30.2 Å². The van der Waals surface area contributed by atoms with Gasteiger partial charge in [0.1, 0.15) is 0 Å². The number of hydrogen-bond acceptors (Lipinski definition) is 2. The van der Waals surface area contributed by atoms with Crippen molar-refractivity contribution in [2.24, 2.45) is 5.92 Å². The summed E-state index contributed by atoms with van der Waals surface area (Å²) in [4.78, 5) is 12.4. The Hall–Kier alpha value is -0.990. The first kappa shape index (κ1) is 17.1. The molecule has 1 rings (SSSR count). The highest BCUT2D eigenvalue weighted by molar-refractivity contribution is 5.81. The highest BCUT2D eigenvalue weighted by Crippen LogP contribution is 2.41. The first-order valence-electron chi connectivity index (χ1n) is 6.17. The maximum atomic E-state index is 12.6. The van der Waals surface area contributed by atoms with Crippen LogP contribution in [0.1, 0.15) is 19.3 Å². The molecule has 1 unspecified atom stereocenters. The topological polar surface area (TPSA) is 32.3 Å². The molecule has 1 heterocycles. The molecule has 1 atom stereocenters. The summed E-state index contributed by atoms with van der Waals surface area (Å²) < 4.78 is 75.3. The van der Waals surface area contributed by atoms with Gasteiger partial charge >= 0.3 is 12.4 Å². The summed E-state index contributed by atoms with van der Waals surface area (Å²) in [5.74, 6) is -5.84. The van der Waals surface area contributed by atoms with Gasteiger partial charge < -0.3 is 10.2 Å². The van der Waals surface area contributed by atoms with Gasteiger partial charge in [-0.3, -0.25) is 4.79 Å². The number of hydrogen-bond donors (Lipinski definition) is 1. The lowest BCUT2D eigenvalue weighted by molar-refractivity contribution is -0.278. The van der Waals surface area contributed by atoms with Crippen molar-refractivity contribution in [2.75, 3.05) is 20.1 Å². The summed E-state index contributed by atoms with van der Waals surface area (Å²) in [5.41, 5.74) is 0. The lowest BCUT2D eigenvalue weighted by Gasteiger charge is -2.38. The van der Waals surface area contributed by atoms with Crippen LogP contribution in [0.5, 0.6) is 0 Å². The van der Waals surface area contributed by atoms with E-state index in [0.717, 1.165) is 0 Å². The summed E-state index contributed by atoms with van der Waals surface area (Å²) in [7, 11) is 1.53. The third-order valence-corrected chi connectivity index (χ3v) is 3.25. The van der Waals surface area contributed by atoms with Crippen molar-refractivity contribution in [1.29, 1.82) is 0 Å². The molecule has 0 radical (unpaired) electrons. The van der Waals surface area contributed by atoms with Crippen LogP contribution in [-0.4, -0.2) is 49.3 Å². The predicted molar refractivity (Wildman–Crippen MR) is 58.9 cm³/mol. The number of nitrogens with one attached hydrogen (secondary N) is 1. The molecule has 1 aliphatic rings. The third-order valence-electron chi connectivity index (χ3n) is 3.25. The summed E-state index contributed by atoms with van der Waals surface area (Å²) in [6.45, 7) is 0.0992. The number of nitrogens with zero attached hydrogens (tertiary/aromatic N) is 1. The molecule has 20 heavy (non-hydrogen) atoms. The monoisotopic (exact) mass is 306 g/mol. The van der Waals surface area contributed by atoms with Gasteiger partial charge in [-0.15, -0.1) is 0 Å². The fraction of sp³-hybridized carbons (Fsp3) is 0.909. The van der Waals surface area contributed by atoms with E-state index in [-0.39, 0.29) is 13.1 Å². The number of likely N-dealkylation sites (tertiary alicyclic amines) is 1. The summed E-state index contributed by atoms with van der Waals surface area (Å²) in [6.07, 6.45) is -9.77. The van der Waals surface area contributed by atoms with E-state index in [0.29, 0.717) is 24.2 Å². The summed E-state index contributed by atoms with van der Waals surface area (Å²) >= 11 is 0. The highest BCUT2D eigenvalue weighted by atomic mass is 19.4. The average molecular weight is 306 g/mol. The van der Waals surface area contributed by atoms with Crippen LogP contribution in [0.4, 0.5) is 26.3 Å². The minimum absolute atomic E-state index is 0.0756. The van der Waals surface area contributed by atoms with E-state index in [1.165, 1.54) is 7.05 Å². The molecule has 0 aromatic rings. The van der Waals surface area contributed by atoms with E-state index in [2.05, 4.69) is 5.32 Å². The fourth-order valence-corrected chi connectivity index (χ4v) is 2.37. The number of carbonyl (C=O) groups is 1. The fourth-order valence-electron chi connectivity index (χ4n) is 2.37. The molecule has 1 saturated heterocycles. The predicted octanol–water partition coefficient (Wildman–Crippen LogP) is 2.33. The largest absolute Gasteiger partial charge is 0.409 e. The van der Waals surface area contributed by atoms with Gasteiger partial charge in [-0.05, 0) is 26.3 Å².